The third-order valence-electron chi connectivity index (χ3n) is 2.97. The number of nitrogens with zero attached hydrogens (tertiary/aromatic N) is 1. The van der Waals surface area contributed by atoms with E-state index in [9.17, 15) is 26.0 Å². The van der Waals surface area contributed by atoms with Gasteiger partial charge in [0.25, 0.3) is 11.9 Å². The largest absolute Gasteiger partial charge is 0.379 e. The summed E-state index contributed by atoms with van der Waals surface area (Å²) in [7, 11) is -3.31. The van der Waals surface area contributed by atoms with Gasteiger partial charge in [-0.1, -0.05) is 0 Å². The van der Waals surface area contributed by atoms with Crippen LogP contribution < -0.4 is 5.32 Å². The molecule has 1 atom stereocenters. The van der Waals surface area contributed by atoms with Crippen molar-refractivity contribution in [3.05, 3.63) is 23.5 Å². The van der Waals surface area contributed by atoms with Crippen LogP contribution in [0.25, 0.3) is 0 Å². The molecule has 2 heterocycles. The zero-order valence-electron chi connectivity index (χ0n) is 9.59. The molecule has 1 fully saturated rings. The van der Waals surface area contributed by atoms with E-state index in [-0.39, 0.29) is 12.3 Å². The van der Waals surface area contributed by atoms with Crippen LogP contribution in [-0.2, 0) is 9.84 Å². The average Bonchev–Trinajstić information content (AvgIpc) is 2.66. The lowest BCUT2D eigenvalue weighted by atomic mass is 10.2. The Balaban J connectivity index is 2.21. The Kier molecular flexibility index (Phi) is 3.66. The van der Waals surface area contributed by atoms with E-state index in [4.69, 9.17) is 0 Å². The molecule has 0 saturated carbocycles. The monoisotopic (exact) mass is 298 g/mol. The van der Waals surface area contributed by atoms with Crippen LogP contribution in [0.2, 0.25) is 0 Å². The second-order valence-electron chi connectivity index (χ2n) is 4.21. The molecule has 1 aromatic heterocycles. The molecule has 0 radical (unpaired) electrons. The molecule has 1 aliphatic heterocycles. The van der Waals surface area contributed by atoms with E-state index in [2.05, 4.69) is 10.3 Å². The number of hydrogen-bond donors (Lipinski definition) is 1. The number of nitrogens with one attached hydrogen (secondary N) is 1. The lowest BCUT2D eigenvalue weighted by Crippen LogP contribution is -2.26. The fraction of sp³-hybridized carbons (Fsp3) is 0.500. The summed E-state index contributed by atoms with van der Waals surface area (Å²) < 4.78 is 75.1. The third-order valence-corrected chi connectivity index (χ3v) is 5.24. The van der Waals surface area contributed by atoms with Crippen molar-refractivity contribution in [2.24, 2.45) is 0 Å². The van der Waals surface area contributed by atoms with Gasteiger partial charge in [0.1, 0.15) is 5.69 Å². The highest BCUT2D eigenvalue weighted by molar-refractivity contribution is 7.92. The third kappa shape index (κ3) is 2.65. The first-order valence-electron chi connectivity index (χ1n) is 5.48. The lowest BCUT2D eigenvalue weighted by molar-refractivity contribution is 0.410. The molecule has 0 spiro atoms. The Morgan fingerprint density at radius 3 is 2.21 bits per heavy atom. The van der Waals surface area contributed by atoms with Crippen molar-refractivity contribution in [3.63, 3.8) is 0 Å². The molecule has 19 heavy (non-hydrogen) atoms. The van der Waals surface area contributed by atoms with Gasteiger partial charge >= 0.3 is 0 Å². The number of pyridine rings is 1. The molecule has 2 rings (SSSR count). The van der Waals surface area contributed by atoms with Crippen LogP contribution in [0.4, 0.5) is 23.2 Å². The summed E-state index contributed by atoms with van der Waals surface area (Å²) in [5.41, 5.74) is -1.04. The average molecular weight is 298 g/mol. The second kappa shape index (κ2) is 4.95. The van der Waals surface area contributed by atoms with Crippen molar-refractivity contribution < 1.29 is 26.0 Å². The molecule has 1 aliphatic rings. The first-order chi connectivity index (χ1) is 8.83. The van der Waals surface area contributed by atoms with Gasteiger partial charge in [-0.2, -0.15) is 22.5 Å². The van der Waals surface area contributed by atoms with Gasteiger partial charge in [-0.05, 0) is 12.8 Å². The molecule has 1 N–H and O–H groups in total. The molecule has 0 amide bonds. The zero-order valence-corrected chi connectivity index (χ0v) is 10.4. The first-order valence-corrected chi connectivity index (χ1v) is 7.20. The van der Waals surface area contributed by atoms with Crippen molar-refractivity contribution in [2.45, 2.75) is 18.1 Å². The van der Waals surface area contributed by atoms with Crippen LogP contribution in [-0.4, -0.2) is 30.9 Å². The topological polar surface area (TPSA) is 59.1 Å². The summed E-state index contributed by atoms with van der Waals surface area (Å²) in [4.78, 5) is 2.40. The van der Waals surface area contributed by atoms with Crippen LogP contribution in [0.3, 0.4) is 0 Å². The van der Waals surface area contributed by atoms with Crippen LogP contribution in [0.1, 0.15) is 12.8 Å². The summed E-state index contributed by atoms with van der Waals surface area (Å²) in [6.45, 7) is -0.306. The summed E-state index contributed by atoms with van der Waals surface area (Å²) in [6, 6.07) is 0. The number of sulfone groups is 1. The van der Waals surface area contributed by atoms with Gasteiger partial charge < -0.3 is 5.32 Å². The minimum atomic E-state index is -3.31. The molecule has 106 valence electrons. The van der Waals surface area contributed by atoms with Crippen LogP contribution >= 0.6 is 0 Å². The van der Waals surface area contributed by atoms with E-state index in [1.165, 1.54) is 0 Å². The predicted molar refractivity (Wildman–Crippen MR) is 59.4 cm³/mol. The Hall–Kier alpha value is -1.38. The minimum absolute atomic E-state index is 0.00335. The maximum Gasteiger partial charge on any atom is 0.253 e. The van der Waals surface area contributed by atoms with Crippen LogP contribution in [0.15, 0.2) is 0 Å². The van der Waals surface area contributed by atoms with Crippen molar-refractivity contribution in [2.75, 3.05) is 17.6 Å². The van der Waals surface area contributed by atoms with Gasteiger partial charge in [0.15, 0.2) is 9.84 Å². The summed E-state index contributed by atoms with van der Waals surface area (Å²) >= 11 is 0. The van der Waals surface area contributed by atoms with Crippen molar-refractivity contribution in [1.29, 1.82) is 0 Å². The zero-order chi connectivity index (χ0) is 14.2. The Bertz CT molecular complexity index is 580. The van der Waals surface area contributed by atoms with Gasteiger partial charge in [0.05, 0.1) is 11.0 Å². The Morgan fingerprint density at radius 1 is 1.16 bits per heavy atom. The van der Waals surface area contributed by atoms with Crippen molar-refractivity contribution in [3.8, 4) is 0 Å². The maximum absolute atomic E-state index is 13.3. The smallest absolute Gasteiger partial charge is 0.253 e. The van der Waals surface area contributed by atoms with Gasteiger partial charge in [0.2, 0.25) is 11.6 Å². The van der Waals surface area contributed by atoms with E-state index in [0.717, 1.165) is 0 Å². The standard InChI is InChI=1S/C10H10F4N2O2S/c11-6-8(7(12)10(14)16-9(6)13)15-4-5-2-1-3-19(5,17)18/h5H,1-4H2,(H,15,16). The molecular weight excluding hydrogens is 288 g/mol. The molecule has 9 heteroatoms. The molecule has 1 unspecified atom stereocenters. The van der Waals surface area contributed by atoms with Crippen molar-refractivity contribution in [1.82, 2.24) is 4.98 Å². The summed E-state index contributed by atoms with van der Waals surface area (Å²) in [6.07, 6.45) is 0.799. The maximum atomic E-state index is 13.3. The van der Waals surface area contributed by atoms with Crippen LogP contribution in [0.5, 0.6) is 0 Å². The van der Waals surface area contributed by atoms with E-state index in [1.807, 2.05) is 0 Å². The number of hydrogen-bond acceptors (Lipinski definition) is 4. The number of aromatic nitrogens is 1. The molecular formula is C10H10F4N2O2S. The minimum Gasteiger partial charge on any atom is -0.379 e. The molecule has 0 aliphatic carbocycles. The normalized spacial score (nSPS) is 21.6. The fourth-order valence-corrected chi connectivity index (χ4v) is 3.71. The highest BCUT2D eigenvalue weighted by atomic mass is 32.2. The highest BCUT2D eigenvalue weighted by Gasteiger charge is 2.32. The van der Waals surface area contributed by atoms with Gasteiger partial charge in [-0.15, -0.1) is 0 Å². The lowest BCUT2D eigenvalue weighted by Gasteiger charge is -2.13. The van der Waals surface area contributed by atoms with E-state index < -0.39 is 44.3 Å². The molecule has 0 bridgehead atoms. The van der Waals surface area contributed by atoms with E-state index in [0.29, 0.717) is 12.8 Å². The number of rotatable bonds is 3. The van der Waals surface area contributed by atoms with Crippen molar-refractivity contribution >= 4 is 15.5 Å². The second-order valence-corrected chi connectivity index (χ2v) is 6.61. The summed E-state index contributed by atoms with van der Waals surface area (Å²) in [5, 5.41) is 1.30. The summed E-state index contributed by atoms with van der Waals surface area (Å²) in [5.74, 6) is -6.90. The van der Waals surface area contributed by atoms with Crippen LogP contribution in [0, 0.1) is 23.5 Å². The number of anilines is 1. The SMILES string of the molecule is O=S1(=O)CCCC1CNc1c(F)c(F)nc(F)c1F. The predicted octanol–water partition coefficient (Wildman–Crippen LogP) is 1.63. The van der Waals surface area contributed by atoms with Gasteiger partial charge in [-0.25, -0.2) is 8.42 Å². The molecule has 1 saturated heterocycles. The first kappa shape index (κ1) is 14.0. The Labute approximate surface area is 106 Å². The quantitative estimate of drug-likeness (QED) is 0.680. The van der Waals surface area contributed by atoms with Gasteiger partial charge in [-0.3, -0.25) is 0 Å². The Morgan fingerprint density at radius 2 is 1.74 bits per heavy atom. The van der Waals surface area contributed by atoms with E-state index >= 15 is 0 Å². The molecule has 0 aromatic carbocycles. The fourth-order valence-electron chi connectivity index (χ4n) is 1.95. The van der Waals surface area contributed by atoms with E-state index in [1.54, 1.807) is 0 Å². The molecule has 1 aromatic rings. The van der Waals surface area contributed by atoms with Gasteiger partial charge in [0, 0.05) is 6.54 Å². The highest BCUT2D eigenvalue weighted by Crippen LogP contribution is 2.24. The number of halogens is 4. The molecule has 4 nitrogen and oxygen atoms in total.